The van der Waals surface area contributed by atoms with Gasteiger partial charge in [-0.1, -0.05) is 0 Å². The molecule has 2 aromatic heterocycles. The van der Waals surface area contributed by atoms with E-state index in [0.29, 0.717) is 13.2 Å². The third-order valence-electron chi connectivity index (χ3n) is 3.40. The molecule has 0 aromatic carbocycles. The third kappa shape index (κ3) is 4.97. The lowest BCUT2D eigenvalue weighted by molar-refractivity contribution is 0.0479. The van der Waals surface area contributed by atoms with Gasteiger partial charge in [-0.3, -0.25) is 0 Å². The van der Waals surface area contributed by atoms with Crippen LogP contribution < -0.4 is 0 Å². The Balaban J connectivity index is 2.46. The Morgan fingerprint density at radius 2 is 0.929 bits per heavy atom. The molecule has 0 bridgehead atoms. The fraction of sp³-hybridized carbons (Fsp3) is 0.400. The molecule has 0 fully saturated rings. The first kappa shape index (κ1) is 21.1. The first-order chi connectivity index (χ1) is 13.5. The zero-order chi connectivity index (χ0) is 20.5. The lowest BCUT2D eigenvalue weighted by Crippen LogP contribution is -2.03. The van der Waals surface area contributed by atoms with Gasteiger partial charge in [0.05, 0.1) is 26.4 Å². The number of carbonyl (C=O) groups is 2. The molecule has 2 aromatic rings. The molecule has 2 rings (SSSR count). The maximum Gasteiger partial charge on any atom is 0.374 e. The second-order valence-corrected chi connectivity index (χ2v) is 5.29. The van der Waals surface area contributed by atoms with Crippen LogP contribution in [0.5, 0.6) is 0 Å². The molecule has 8 nitrogen and oxygen atoms in total. The molecular weight excluding hydrogens is 368 g/mol. The van der Waals surface area contributed by atoms with E-state index in [9.17, 15) is 9.59 Å². The Kier molecular flexibility index (Phi) is 7.74. The van der Waals surface area contributed by atoms with Gasteiger partial charge in [0, 0.05) is 0 Å². The predicted molar refractivity (Wildman–Crippen MR) is 99.4 cm³/mol. The van der Waals surface area contributed by atoms with Crippen LogP contribution in [-0.2, 0) is 18.9 Å². The van der Waals surface area contributed by atoms with E-state index >= 15 is 0 Å². The van der Waals surface area contributed by atoms with E-state index in [4.69, 9.17) is 27.8 Å². The zero-order valence-corrected chi connectivity index (χ0v) is 16.4. The van der Waals surface area contributed by atoms with Crippen molar-refractivity contribution in [1.82, 2.24) is 0 Å². The lowest BCUT2D eigenvalue weighted by atomic mass is 10.2. The van der Waals surface area contributed by atoms with Gasteiger partial charge in [-0.05, 0) is 52.0 Å². The molecule has 0 aliphatic carbocycles. The molecule has 0 spiro atoms. The molecule has 0 amide bonds. The quantitative estimate of drug-likeness (QED) is 0.440. The lowest BCUT2D eigenvalue weighted by Gasteiger charge is -2.13. The molecule has 2 heterocycles. The summed E-state index contributed by atoms with van der Waals surface area (Å²) in [4.78, 5) is 23.7. The molecule has 0 unspecified atom stereocenters. The maximum atomic E-state index is 11.9. The number of rotatable bonds is 10. The van der Waals surface area contributed by atoms with Crippen LogP contribution in [0.15, 0.2) is 33.1 Å². The number of carbonyl (C=O) groups excluding carboxylic acids is 2. The van der Waals surface area contributed by atoms with Crippen molar-refractivity contribution in [2.45, 2.75) is 27.7 Å². The number of hydrogen-bond donors (Lipinski definition) is 0. The Bertz CT molecular complexity index is 759. The average molecular weight is 392 g/mol. The standard InChI is InChI=1S/C20H24O8/c1-5-23-17(13-9-11-15(27-13)19(21)25-7-3)18(24-6-2)14-10-12-16(28-14)20(22)26-8-4/h9-12H,5-8H2,1-4H3/b18-17+. The summed E-state index contributed by atoms with van der Waals surface area (Å²) in [5.74, 6) is -0.0670. The molecule has 28 heavy (non-hydrogen) atoms. The summed E-state index contributed by atoms with van der Waals surface area (Å²) in [5, 5.41) is 0. The van der Waals surface area contributed by atoms with Crippen LogP contribution in [0.2, 0.25) is 0 Å². The summed E-state index contributed by atoms with van der Waals surface area (Å²) in [6.45, 7) is 8.10. The van der Waals surface area contributed by atoms with Crippen LogP contribution in [-0.4, -0.2) is 38.4 Å². The zero-order valence-electron chi connectivity index (χ0n) is 16.4. The van der Waals surface area contributed by atoms with Crippen LogP contribution in [0.25, 0.3) is 11.5 Å². The molecule has 0 radical (unpaired) electrons. The molecule has 0 saturated heterocycles. The SMILES string of the molecule is CCOC(=O)c1ccc(/C(OCC)=C(\OCC)c2ccc(C(=O)OCC)o2)o1. The maximum absolute atomic E-state index is 11.9. The van der Waals surface area contributed by atoms with Crippen LogP contribution >= 0.6 is 0 Å². The number of hydrogen-bond acceptors (Lipinski definition) is 8. The summed E-state index contributed by atoms with van der Waals surface area (Å²) in [5.41, 5.74) is 0. The normalized spacial score (nSPS) is 11.6. The van der Waals surface area contributed by atoms with E-state index in [2.05, 4.69) is 0 Å². The van der Waals surface area contributed by atoms with Gasteiger partial charge in [0.2, 0.25) is 23.0 Å². The van der Waals surface area contributed by atoms with Crippen molar-refractivity contribution in [2.24, 2.45) is 0 Å². The number of esters is 2. The van der Waals surface area contributed by atoms with Crippen molar-refractivity contribution >= 4 is 23.5 Å². The monoisotopic (exact) mass is 392 g/mol. The molecule has 0 saturated carbocycles. The Morgan fingerprint density at radius 3 is 1.25 bits per heavy atom. The summed E-state index contributed by atoms with van der Waals surface area (Å²) >= 11 is 0. The second kappa shape index (κ2) is 10.2. The van der Waals surface area contributed by atoms with Gasteiger partial charge in [-0.25, -0.2) is 9.59 Å². The average Bonchev–Trinajstić information content (AvgIpc) is 3.35. The predicted octanol–water partition coefficient (Wildman–Crippen LogP) is 4.12. The molecular formula is C20H24O8. The highest BCUT2D eigenvalue weighted by Crippen LogP contribution is 2.31. The van der Waals surface area contributed by atoms with Gasteiger partial charge in [0.1, 0.15) is 0 Å². The fourth-order valence-corrected chi connectivity index (χ4v) is 2.33. The van der Waals surface area contributed by atoms with Crippen molar-refractivity contribution in [3.05, 3.63) is 47.3 Å². The van der Waals surface area contributed by atoms with E-state index in [-0.39, 0.29) is 47.8 Å². The van der Waals surface area contributed by atoms with Crippen LogP contribution in [0.3, 0.4) is 0 Å². The topological polar surface area (TPSA) is 97.3 Å². The smallest absolute Gasteiger partial charge is 0.374 e. The van der Waals surface area contributed by atoms with Crippen LogP contribution in [0, 0.1) is 0 Å². The van der Waals surface area contributed by atoms with Gasteiger partial charge in [-0.2, -0.15) is 0 Å². The molecule has 0 N–H and O–H groups in total. The Morgan fingerprint density at radius 1 is 0.607 bits per heavy atom. The minimum Gasteiger partial charge on any atom is -0.487 e. The highest BCUT2D eigenvalue weighted by Gasteiger charge is 2.24. The van der Waals surface area contributed by atoms with E-state index in [0.717, 1.165) is 0 Å². The van der Waals surface area contributed by atoms with E-state index in [1.54, 1.807) is 39.8 Å². The summed E-state index contributed by atoms with van der Waals surface area (Å²) < 4.78 is 32.4. The van der Waals surface area contributed by atoms with Crippen molar-refractivity contribution in [1.29, 1.82) is 0 Å². The van der Waals surface area contributed by atoms with Gasteiger partial charge in [0.15, 0.2) is 11.5 Å². The minimum absolute atomic E-state index is 0.0385. The molecule has 0 aliphatic rings. The summed E-state index contributed by atoms with van der Waals surface area (Å²) in [6, 6.07) is 6.13. The third-order valence-corrected chi connectivity index (χ3v) is 3.40. The highest BCUT2D eigenvalue weighted by molar-refractivity contribution is 5.89. The van der Waals surface area contributed by atoms with Crippen molar-refractivity contribution < 1.29 is 37.4 Å². The Labute approximate surface area is 163 Å². The first-order valence-electron chi connectivity index (χ1n) is 9.10. The Hall–Kier alpha value is -3.16. The largest absolute Gasteiger partial charge is 0.487 e. The van der Waals surface area contributed by atoms with Crippen LogP contribution in [0.4, 0.5) is 0 Å². The minimum atomic E-state index is -0.579. The molecule has 152 valence electrons. The van der Waals surface area contributed by atoms with E-state index in [1.807, 2.05) is 0 Å². The fourth-order valence-electron chi connectivity index (χ4n) is 2.33. The van der Waals surface area contributed by atoms with E-state index in [1.165, 1.54) is 12.1 Å². The van der Waals surface area contributed by atoms with Crippen molar-refractivity contribution in [3.63, 3.8) is 0 Å². The highest BCUT2D eigenvalue weighted by atomic mass is 16.6. The van der Waals surface area contributed by atoms with Gasteiger partial charge in [0.25, 0.3) is 0 Å². The molecule has 0 atom stereocenters. The van der Waals surface area contributed by atoms with Crippen molar-refractivity contribution in [3.8, 4) is 0 Å². The molecule has 8 heteroatoms. The first-order valence-corrected chi connectivity index (χ1v) is 9.10. The van der Waals surface area contributed by atoms with Crippen molar-refractivity contribution in [2.75, 3.05) is 26.4 Å². The van der Waals surface area contributed by atoms with Gasteiger partial charge in [-0.15, -0.1) is 0 Å². The number of furan rings is 2. The van der Waals surface area contributed by atoms with E-state index < -0.39 is 11.9 Å². The summed E-state index contributed by atoms with van der Waals surface area (Å²) in [6.07, 6.45) is 0. The van der Waals surface area contributed by atoms with Gasteiger partial charge >= 0.3 is 11.9 Å². The molecule has 0 aliphatic heterocycles. The second-order valence-electron chi connectivity index (χ2n) is 5.29. The van der Waals surface area contributed by atoms with Crippen LogP contribution in [0.1, 0.15) is 60.3 Å². The number of ether oxygens (including phenoxy) is 4. The van der Waals surface area contributed by atoms with Gasteiger partial charge < -0.3 is 27.8 Å². The summed E-state index contributed by atoms with van der Waals surface area (Å²) in [7, 11) is 0.